The van der Waals surface area contributed by atoms with Gasteiger partial charge in [0, 0.05) is 6.61 Å². The van der Waals surface area contributed by atoms with Crippen molar-refractivity contribution in [3.63, 3.8) is 0 Å². The van der Waals surface area contributed by atoms with Crippen molar-refractivity contribution in [2.75, 3.05) is 6.61 Å². The minimum Gasteiger partial charge on any atom is -1.00 e. The summed E-state index contributed by atoms with van der Waals surface area (Å²) >= 11 is 0. The monoisotopic (exact) mass is 445 g/mol. The molecule has 2 rings (SSSR count). The number of hydrogen-bond donors (Lipinski definition) is 0. The molecule has 1 nitrogen and oxygen atoms in total. The molecule has 1 atom stereocenters. The molecular weight excluding hydrogens is 411 g/mol. The Kier molecular flexibility index (Phi) is 12.4. The van der Waals surface area contributed by atoms with Crippen LogP contribution in [-0.2, 0) is 26.5 Å². The molecule has 2 aliphatic carbocycles. The van der Waals surface area contributed by atoms with Crippen molar-refractivity contribution in [3.05, 3.63) is 47.1 Å². The van der Waals surface area contributed by atoms with E-state index in [4.69, 9.17) is 4.74 Å². The Balaban J connectivity index is 0. The van der Waals surface area contributed by atoms with Crippen LogP contribution in [0, 0.1) is 16.9 Å². The Morgan fingerprint density at radius 2 is 1.78 bits per heavy atom. The number of rotatable bonds is 6. The third-order valence-electron chi connectivity index (χ3n) is 5.55. The van der Waals surface area contributed by atoms with Crippen molar-refractivity contribution in [1.82, 2.24) is 0 Å². The molecule has 1 unspecified atom stereocenters. The zero-order valence-electron chi connectivity index (χ0n) is 18.0. The zero-order valence-corrected chi connectivity index (χ0v) is 21.1. The molecule has 0 spiro atoms. The first kappa shape index (κ1) is 29.4. The molecule has 0 aromatic rings. The van der Waals surface area contributed by atoms with Gasteiger partial charge in [0.2, 0.25) is 0 Å². The molecule has 0 saturated carbocycles. The van der Waals surface area contributed by atoms with Gasteiger partial charge in [0.25, 0.3) is 0 Å². The summed E-state index contributed by atoms with van der Waals surface area (Å²) in [6.45, 7) is 16.9. The summed E-state index contributed by atoms with van der Waals surface area (Å²) < 4.78 is 6.77. The van der Waals surface area contributed by atoms with Crippen molar-refractivity contribution >= 4 is 0 Å². The number of halogens is 2. The van der Waals surface area contributed by atoms with E-state index in [2.05, 4.69) is 78.8 Å². The summed E-state index contributed by atoms with van der Waals surface area (Å²) in [6, 6.07) is 0. The van der Waals surface area contributed by atoms with Crippen LogP contribution in [0.2, 0.25) is 0 Å². The Hall–Kier alpha value is 0.214. The summed E-state index contributed by atoms with van der Waals surface area (Å²) in [7, 11) is 0. The Labute approximate surface area is 194 Å². The summed E-state index contributed by atoms with van der Waals surface area (Å²) in [5.74, 6) is 0. The van der Waals surface area contributed by atoms with Crippen LogP contribution in [0.1, 0.15) is 74.1 Å². The van der Waals surface area contributed by atoms with Gasteiger partial charge in [-0.3, -0.25) is 6.08 Å². The molecule has 0 aromatic heterocycles. The van der Waals surface area contributed by atoms with Crippen molar-refractivity contribution < 1.29 is 51.3 Å². The molecule has 0 heterocycles. The molecule has 0 fully saturated rings. The van der Waals surface area contributed by atoms with Gasteiger partial charge in [0.05, 0.1) is 5.60 Å². The predicted molar refractivity (Wildman–Crippen MR) is 104 cm³/mol. The average Bonchev–Trinajstić information content (AvgIpc) is 3.03. The average molecular weight is 446 g/mol. The van der Waals surface area contributed by atoms with Crippen LogP contribution in [0.15, 0.2) is 41.0 Å². The maximum atomic E-state index is 6.77. The first-order valence-corrected chi connectivity index (χ1v) is 9.46. The summed E-state index contributed by atoms with van der Waals surface area (Å²) in [5, 5.41) is 0. The minimum atomic E-state index is -0.295. The van der Waals surface area contributed by atoms with Gasteiger partial charge in [0.1, 0.15) is 0 Å². The van der Waals surface area contributed by atoms with Gasteiger partial charge < -0.3 is 29.6 Å². The molecule has 2 aliphatic rings. The number of ether oxygens (including phenoxy) is 1. The number of hydrogen-bond acceptors (Lipinski definition) is 1. The van der Waals surface area contributed by atoms with Gasteiger partial charge in [-0.05, 0) is 36.2 Å². The fourth-order valence-electron chi connectivity index (χ4n) is 3.99. The number of unbranched alkanes of at least 4 members (excludes halogenated alkanes) is 1. The number of allylic oxidation sites excluding steroid dienone is 5. The van der Waals surface area contributed by atoms with E-state index in [9.17, 15) is 0 Å². The van der Waals surface area contributed by atoms with E-state index in [1.54, 1.807) is 0 Å². The van der Waals surface area contributed by atoms with Crippen molar-refractivity contribution in [3.8, 4) is 0 Å². The van der Waals surface area contributed by atoms with Gasteiger partial charge in [0.15, 0.2) is 0 Å². The van der Waals surface area contributed by atoms with Crippen LogP contribution in [0.5, 0.6) is 0 Å². The molecule has 27 heavy (non-hydrogen) atoms. The maximum Gasteiger partial charge on any atom is 3.00 e. The first-order chi connectivity index (χ1) is 11.1. The molecule has 1 radical (unpaired) electrons. The van der Waals surface area contributed by atoms with E-state index in [0.29, 0.717) is 0 Å². The van der Waals surface area contributed by atoms with Gasteiger partial charge in [-0.15, -0.1) is 6.42 Å². The second-order valence-corrected chi connectivity index (χ2v) is 8.81. The Bertz CT molecular complexity index is 594. The van der Waals surface area contributed by atoms with Crippen LogP contribution < -0.4 is 24.8 Å². The van der Waals surface area contributed by atoms with Crippen LogP contribution in [0.3, 0.4) is 0 Å². The van der Waals surface area contributed by atoms with Gasteiger partial charge in [-0.25, -0.2) is 11.6 Å². The molecule has 4 heteroatoms. The van der Waals surface area contributed by atoms with Crippen molar-refractivity contribution in [1.29, 1.82) is 0 Å². The molecule has 0 saturated heterocycles. The summed E-state index contributed by atoms with van der Waals surface area (Å²) in [5.41, 5.74) is 3.74. The molecular formula is C23H35Cl2OTi. The SMILES string of the molecule is CCCCOC1(C(C)(C)C2=[C-]CC=C2)CC=C(C)C=C1C(C)(C)C.[Cl-].[Cl-].[Ti+3]. The van der Waals surface area contributed by atoms with E-state index in [-0.39, 0.29) is 63.0 Å². The topological polar surface area (TPSA) is 9.23 Å². The second kappa shape index (κ2) is 11.4. The van der Waals surface area contributed by atoms with Crippen LogP contribution >= 0.6 is 0 Å². The third kappa shape index (κ3) is 6.10. The molecule has 151 valence electrons. The van der Waals surface area contributed by atoms with E-state index >= 15 is 0 Å². The van der Waals surface area contributed by atoms with Gasteiger partial charge in [-0.2, -0.15) is 6.08 Å². The molecule has 0 N–H and O–H groups in total. The first-order valence-electron chi connectivity index (χ1n) is 9.46. The molecule has 0 amide bonds. The van der Waals surface area contributed by atoms with Gasteiger partial charge >= 0.3 is 21.7 Å². The maximum absolute atomic E-state index is 6.77. The van der Waals surface area contributed by atoms with E-state index in [0.717, 1.165) is 32.3 Å². The largest absolute Gasteiger partial charge is 3.00 e. The molecule has 0 bridgehead atoms. The molecule has 0 aliphatic heterocycles. The van der Waals surface area contributed by atoms with Crippen molar-refractivity contribution in [2.45, 2.75) is 79.8 Å². The summed E-state index contributed by atoms with van der Waals surface area (Å²) in [6.07, 6.45) is 16.9. The fraction of sp³-hybridized carbons (Fsp3) is 0.652. The standard InChI is InChI=1S/C23H35O.2ClH.Ti/c1-8-9-16-24-23(22(6,7)19-12-10-11-13-19)15-14-18(2)17-20(23)21(3,4)5;;;/h10,12,14,17H,8-9,11,15-16H2,1-7H3;2*1H;/q-1;;;+3/p-2. The van der Waals surface area contributed by atoms with Crippen molar-refractivity contribution in [2.24, 2.45) is 10.8 Å². The third-order valence-corrected chi connectivity index (χ3v) is 5.55. The Morgan fingerprint density at radius 3 is 2.26 bits per heavy atom. The predicted octanol–water partition coefficient (Wildman–Crippen LogP) is 0.586. The minimum absolute atomic E-state index is 0. The van der Waals surface area contributed by atoms with Crippen LogP contribution in [0.25, 0.3) is 0 Å². The normalized spacial score (nSPS) is 22.0. The smallest absolute Gasteiger partial charge is 1.00 e. The van der Waals surface area contributed by atoms with Gasteiger partial charge in [-0.1, -0.05) is 65.7 Å². The molecule has 0 aromatic carbocycles. The van der Waals surface area contributed by atoms with E-state index < -0.39 is 0 Å². The van der Waals surface area contributed by atoms with Crippen LogP contribution in [0.4, 0.5) is 0 Å². The fourth-order valence-corrected chi connectivity index (χ4v) is 3.99. The van der Waals surface area contributed by atoms with E-state index in [1.165, 1.54) is 16.7 Å². The Morgan fingerprint density at radius 1 is 1.15 bits per heavy atom. The summed E-state index contributed by atoms with van der Waals surface area (Å²) in [4.78, 5) is 0. The quantitative estimate of drug-likeness (QED) is 0.330. The van der Waals surface area contributed by atoms with Crippen LogP contribution in [-0.4, -0.2) is 12.2 Å². The second-order valence-electron chi connectivity index (χ2n) is 8.81. The van der Waals surface area contributed by atoms with E-state index in [1.807, 2.05) is 0 Å². The zero-order chi connectivity index (χ0) is 18.0.